The van der Waals surface area contributed by atoms with Crippen molar-refractivity contribution in [3.8, 4) is 0 Å². The molecule has 1 aromatic rings. The molecule has 1 atom stereocenters. The number of benzene rings is 1. The number of carbonyl (C=O) groups excluding carboxylic acids is 2. The lowest BCUT2D eigenvalue weighted by Gasteiger charge is -2.21. The number of carbonyl (C=O) groups is 3. The van der Waals surface area contributed by atoms with Crippen molar-refractivity contribution in [1.29, 1.82) is 0 Å². The van der Waals surface area contributed by atoms with Gasteiger partial charge in [0.15, 0.2) is 0 Å². The van der Waals surface area contributed by atoms with Crippen LogP contribution in [0.3, 0.4) is 0 Å². The molecule has 1 aliphatic rings. The zero-order valence-electron chi connectivity index (χ0n) is 12.2. The second kappa shape index (κ2) is 6.79. The van der Waals surface area contributed by atoms with Crippen molar-refractivity contribution >= 4 is 35.1 Å². The largest absolute Gasteiger partial charge is 0.481 e. The maximum Gasteiger partial charge on any atom is 0.305 e. The normalized spacial score (nSPS) is 17.6. The van der Waals surface area contributed by atoms with E-state index in [0.29, 0.717) is 10.7 Å². The lowest BCUT2D eigenvalue weighted by Crippen LogP contribution is -2.36. The zero-order valence-corrected chi connectivity index (χ0v) is 12.9. The smallest absolute Gasteiger partial charge is 0.305 e. The monoisotopic (exact) mass is 324 g/mol. The fourth-order valence-corrected chi connectivity index (χ4v) is 2.70. The molecule has 22 heavy (non-hydrogen) atoms. The van der Waals surface area contributed by atoms with Crippen molar-refractivity contribution in [2.24, 2.45) is 5.92 Å². The van der Waals surface area contributed by atoms with E-state index in [1.807, 2.05) is 0 Å². The van der Waals surface area contributed by atoms with E-state index in [9.17, 15) is 14.4 Å². The molecule has 0 radical (unpaired) electrons. The van der Waals surface area contributed by atoms with Gasteiger partial charge in [0.25, 0.3) is 0 Å². The Morgan fingerprint density at radius 2 is 2.09 bits per heavy atom. The third-order valence-corrected chi connectivity index (χ3v) is 3.97. The number of amides is 2. The van der Waals surface area contributed by atoms with Crippen LogP contribution in [0.4, 0.5) is 5.69 Å². The molecule has 2 amide bonds. The van der Waals surface area contributed by atoms with Crippen LogP contribution in [0.2, 0.25) is 5.02 Å². The van der Waals surface area contributed by atoms with Crippen LogP contribution in [0, 0.1) is 5.92 Å². The van der Waals surface area contributed by atoms with Crippen LogP contribution in [-0.2, 0) is 14.4 Å². The molecule has 1 unspecified atom stereocenters. The number of halogens is 1. The van der Waals surface area contributed by atoms with Gasteiger partial charge >= 0.3 is 5.97 Å². The first-order valence-corrected chi connectivity index (χ1v) is 7.29. The van der Waals surface area contributed by atoms with Gasteiger partial charge < -0.3 is 14.9 Å². The number of hydrogen-bond donors (Lipinski definition) is 1. The minimum Gasteiger partial charge on any atom is -0.481 e. The van der Waals surface area contributed by atoms with Gasteiger partial charge in [-0.3, -0.25) is 14.4 Å². The topological polar surface area (TPSA) is 77.9 Å². The summed E-state index contributed by atoms with van der Waals surface area (Å²) in [5, 5.41) is 9.12. The average molecular weight is 325 g/mol. The lowest BCUT2D eigenvalue weighted by atomic mass is 10.1. The number of rotatable bonds is 5. The Balaban J connectivity index is 2.04. The molecule has 1 aliphatic heterocycles. The standard InChI is InChI=1S/C15H17ClN2O4/c1-17(7-6-14(20)21)15(22)10-8-13(19)18(9-10)12-5-3-2-4-11(12)16/h2-5,10H,6-9H2,1H3,(H,20,21). The lowest BCUT2D eigenvalue weighted by molar-refractivity contribution is -0.139. The summed E-state index contributed by atoms with van der Waals surface area (Å²) in [5.74, 6) is -1.80. The van der Waals surface area contributed by atoms with Gasteiger partial charge in [-0.1, -0.05) is 23.7 Å². The first kappa shape index (κ1) is 16.3. The summed E-state index contributed by atoms with van der Waals surface area (Å²) < 4.78 is 0. The van der Waals surface area contributed by atoms with Crippen LogP contribution >= 0.6 is 11.6 Å². The van der Waals surface area contributed by atoms with E-state index in [-0.39, 0.29) is 37.7 Å². The van der Waals surface area contributed by atoms with Gasteiger partial charge in [-0.25, -0.2) is 0 Å². The summed E-state index contributed by atoms with van der Waals surface area (Å²) in [6.45, 7) is 0.393. The molecule has 118 valence electrons. The highest BCUT2D eigenvalue weighted by molar-refractivity contribution is 6.33. The zero-order chi connectivity index (χ0) is 16.3. The highest BCUT2D eigenvalue weighted by Gasteiger charge is 2.37. The molecular weight excluding hydrogens is 308 g/mol. The van der Waals surface area contributed by atoms with E-state index in [4.69, 9.17) is 16.7 Å². The van der Waals surface area contributed by atoms with Gasteiger partial charge in [-0.2, -0.15) is 0 Å². The van der Waals surface area contributed by atoms with E-state index in [2.05, 4.69) is 0 Å². The SMILES string of the molecule is CN(CCC(=O)O)C(=O)C1CC(=O)N(c2ccccc2Cl)C1. The van der Waals surface area contributed by atoms with Crippen LogP contribution < -0.4 is 4.90 Å². The van der Waals surface area contributed by atoms with E-state index >= 15 is 0 Å². The Morgan fingerprint density at radius 3 is 2.73 bits per heavy atom. The Labute approximate surface area is 133 Å². The van der Waals surface area contributed by atoms with Crippen molar-refractivity contribution in [3.63, 3.8) is 0 Å². The van der Waals surface area contributed by atoms with Crippen LogP contribution in [0.15, 0.2) is 24.3 Å². The molecule has 1 aromatic carbocycles. The summed E-state index contributed by atoms with van der Waals surface area (Å²) in [6, 6.07) is 6.98. The number of aliphatic carboxylic acids is 1. The van der Waals surface area contributed by atoms with Crippen molar-refractivity contribution in [1.82, 2.24) is 4.90 Å². The minimum atomic E-state index is -0.958. The fourth-order valence-electron chi connectivity index (χ4n) is 2.46. The fraction of sp³-hybridized carbons (Fsp3) is 0.400. The number of para-hydroxylation sites is 1. The molecular formula is C15H17ClN2O4. The van der Waals surface area contributed by atoms with Crippen molar-refractivity contribution in [2.75, 3.05) is 25.0 Å². The molecule has 7 heteroatoms. The Morgan fingerprint density at radius 1 is 1.41 bits per heavy atom. The van der Waals surface area contributed by atoms with Gasteiger partial charge in [0.1, 0.15) is 0 Å². The molecule has 0 aromatic heterocycles. The molecule has 2 rings (SSSR count). The molecule has 0 saturated carbocycles. The predicted molar refractivity (Wildman–Crippen MR) is 81.8 cm³/mol. The van der Waals surface area contributed by atoms with E-state index < -0.39 is 11.9 Å². The van der Waals surface area contributed by atoms with E-state index in [0.717, 1.165) is 0 Å². The van der Waals surface area contributed by atoms with Crippen LogP contribution in [0.25, 0.3) is 0 Å². The van der Waals surface area contributed by atoms with Crippen LogP contribution in [-0.4, -0.2) is 47.9 Å². The summed E-state index contributed by atoms with van der Waals surface area (Å²) >= 11 is 6.09. The van der Waals surface area contributed by atoms with Gasteiger partial charge in [0, 0.05) is 26.6 Å². The molecule has 0 aliphatic carbocycles. The first-order valence-electron chi connectivity index (χ1n) is 6.92. The van der Waals surface area contributed by atoms with E-state index in [1.165, 1.54) is 9.80 Å². The quantitative estimate of drug-likeness (QED) is 0.893. The number of hydrogen-bond acceptors (Lipinski definition) is 3. The number of nitrogens with zero attached hydrogens (tertiary/aromatic N) is 2. The maximum absolute atomic E-state index is 12.3. The molecule has 1 N–H and O–H groups in total. The summed E-state index contributed by atoms with van der Waals surface area (Å²) in [7, 11) is 1.55. The Hall–Kier alpha value is -2.08. The maximum atomic E-state index is 12.3. The average Bonchev–Trinajstić information content (AvgIpc) is 2.86. The van der Waals surface area contributed by atoms with Crippen LogP contribution in [0.5, 0.6) is 0 Å². The minimum absolute atomic E-state index is 0.113. The second-order valence-electron chi connectivity index (χ2n) is 5.26. The van der Waals surface area contributed by atoms with Crippen molar-refractivity contribution < 1.29 is 19.5 Å². The van der Waals surface area contributed by atoms with Gasteiger partial charge in [0.2, 0.25) is 11.8 Å². The summed E-state index contributed by atoms with van der Waals surface area (Å²) in [5.41, 5.74) is 0.595. The molecule has 1 heterocycles. The number of carboxylic acids is 1. The van der Waals surface area contributed by atoms with Gasteiger partial charge in [-0.15, -0.1) is 0 Å². The summed E-state index contributed by atoms with van der Waals surface area (Å²) in [6.07, 6.45) is -0.00139. The predicted octanol–water partition coefficient (Wildman–Crippen LogP) is 1.63. The molecule has 6 nitrogen and oxygen atoms in total. The number of anilines is 1. The molecule has 1 fully saturated rings. The van der Waals surface area contributed by atoms with Gasteiger partial charge in [0.05, 0.1) is 23.0 Å². The van der Waals surface area contributed by atoms with Crippen molar-refractivity contribution in [3.05, 3.63) is 29.3 Å². The van der Waals surface area contributed by atoms with E-state index in [1.54, 1.807) is 31.3 Å². The van der Waals surface area contributed by atoms with Crippen molar-refractivity contribution in [2.45, 2.75) is 12.8 Å². The molecule has 1 saturated heterocycles. The summed E-state index contributed by atoms with van der Waals surface area (Å²) in [4.78, 5) is 37.9. The highest BCUT2D eigenvalue weighted by atomic mass is 35.5. The third kappa shape index (κ3) is 3.57. The molecule has 0 bridgehead atoms. The van der Waals surface area contributed by atoms with Gasteiger partial charge in [-0.05, 0) is 12.1 Å². The highest BCUT2D eigenvalue weighted by Crippen LogP contribution is 2.31. The Kier molecular flexibility index (Phi) is 5.03. The second-order valence-corrected chi connectivity index (χ2v) is 5.67. The molecule has 0 spiro atoms. The first-order chi connectivity index (χ1) is 10.4. The third-order valence-electron chi connectivity index (χ3n) is 3.65. The van der Waals surface area contributed by atoms with Crippen LogP contribution in [0.1, 0.15) is 12.8 Å². The Bertz CT molecular complexity index is 605. The number of carboxylic acid groups (broad SMARTS) is 1.